The van der Waals surface area contributed by atoms with Crippen molar-refractivity contribution in [3.05, 3.63) is 64.2 Å². The van der Waals surface area contributed by atoms with Gasteiger partial charge >= 0.3 is 0 Å². The van der Waals surface area contributed by atoms with Crippen LogP contribution in [0.5, 0.6) is 5.75 Å². The van der Waals surface area contributed by atoms with Crippen molar-refractivity contribution in [1.82, 2.24) is 5.32 Å². The molecule has 0 radical (unpaired) electrons. The lowest BCUT2D eigenvalue weighted by Gasteiger charge is -2.19. The largest absolute Gasteiger partial charge is 0.480 e. The molecular weight excluding hydrogens is 310 g/mol. The molecule has 1 atom stereocenters. The Kier molecular flexibility index (Phi) is 6.05. The lowest BCUT2D eigenvalue weighted by molar-refractivity contribution is -0.128. The van der Waals surface area contributed by atoms with Crippen LogP contribution in [-0.2, 0) is 11.3 Å². The fourth-order valence-corrected chi connectivity index (χ4v) is 2.36. The summed E-state index contributed by atoms with van der Waals surface area (Å²) in [5, 5.41) is 3.60. The van der Waals surface area contributed by atoms with Gasteiger partial charge in [-0.3, -0.25) is 4.79 Å². The number of hydrogen-bond acceptors (Lipinski definition) is 2. The van der Waals surface area contributed by atoms with Crippen LogP contribution in [0.2, 0.25) is 5.02 Å². The van der Waals surface area contributed by atoms with E-state index in [2.05, 4.69) is 5.32 Å². The van der Waals surface area contributed by atoms with Gasteiger partial charge < -0.3 is 10.1 Å². The standard InChI is InChI=1S/C19H22ClNO2/c1-4-17(23-18-7-5-6-13(2)14(18)3)19(22)21-12-15-8-10-16(20)11-9-15/h5-11,17H,4,12H2,1-3H3,(H,21,22). The number of ether oxygens (including phenoxy) is 1. The SMILES string of the molecule is CCC(Oc1cccc(C)c1C)C(=O)NCc1ccc(Cl)cc1. The fraction of sp³-hybridized carbons (Fsp3) is 0.316. The Morgan fingerprint density at radius 3 is 2.52 bits per heavy atom. The van der Waals surface area contributed by atoms with Crippen molar-refractivity contribution in [3.63, 3.8) is 0 Å². The third-order valence-corrected chi connectivity index (χ3v) is 4.12. The van der Waals surface area contributed by atoms with E-state index in [4.69, 9.17) is 16.3 Å². The van der Waals surface area contributed by atoms with E-state index in [0.29, 0.717) is 18.0 Å². The van der Waals surface area contributed by atoms with Crippen LogP contribution in [0.15, 0.2) is 42.5 Å². The summed E-state index contributed by atoms with van der Waals surface area (Å²) in [5.41, 5.74) is 3.22. The number of hydrogen-bond donors (Lipinski definition) is 1. The van der Waals surface area contributed by atoms with Gasteiger partial charge in [-0.2, -0.15) is 0 Å². The molecule has 4 heteroatoms. The molecular formula is C19H22ClNO2. The van der Waals surface area contributed by atoms with Gasteiger partial charge in [-0.1, -0.05) is 42.8 Å². The van der Waals surface area contributed by atoms with Gasteiger partial charge in [0.15, 0.2) is 6.10 Å². The predicted molar refractivity (Wildman–Crippen MR) is 93.9 cm³/mol. The molecule has 0 heterocycles. The molecule has 1 amide bonds. The average Bonchev–Trinajstić information content (AvgIpc) is 2.55. The second-order valence-corrected chi connectivity index (χ2v) is 5.99. The van der Waals surface area contributed by atoms with Gasteiger partial charge in [-0.15, -0.1) is 0 Å². The molecule has 0 bridgehead atoms. The highest BCUT2D eigenvalue weighted by Crippen LogP contribution is 2.22. The van der Waals surface area contributed by atoms with Crippen LogP contribution in [0.3, 0.4) is 0 Å². The maximum Gasteiger partial charge on any atom is 0.261 e. The summed E-state index contributed by atoms with van der Waals surface area (Å²) < 4.78 is 5.91. The van der Waals surface area contributed by atoms with Crippen molar-refractivity contribution in [2.75, 3.05) is 0 Å². The second-order valence-electron chi connectivity index (χ2n) is 5.56. The molecule has 122 valence electrons. The average molecular weight is 332 g/mol. The zero-order chi connectivity index (χ0) is 16.8. The van der Waals surface area contributed by atoms with E-state index in [1.54, 1.807) is 0 Å². The maximum absolute atomic E-state index is 12.4. The van der Waals surface area contributed by atoms with Gasteiger partial charge in [-0.05, 0) is 55.2 Å². The van der Waals surface area contributed by atoms with Gasteiger partial charge in [0.05, 0.1) is 0 Å². The number of carbonyl (C=O) groups excluding carboxylic acids is 1. The highest BCUT2D eigenvalue weighted by molar-refractivity contribution is 6.30. The number of aryl methyl sites for hydroxylation is 1. The van der Waals surface area contributed by atoms with Gasteiger partial charge in [-0.25, -0.2) is 0 Å². The van der Waals surface area contributed by atoms with Crippen LogP contribution in [0.25, 0.3) is 0 Å². The molecule has 0 aliphatic heterocycles. The van der Waals surface area contributed by atoms with E-state index in [9.17, 15) is 4.79 Å². The van der Waals surface area contributed by atoms with Crippen LogP contribution in [0.1, 0.15) is 30.0 Å². The molecule has 23 heavy (non-hydrogen) atoms. The summed E-state index contributed by atoms with van der Waals surface area (Å²) in [4.78, 5) is 12.4. The molecule has 0 aliphatic rings. The molecule has 1 unspecified atom stereocenters. The van der Waals surface area contributed by atoms with E-state index in [1.165, 1.54) is 0 Å². The van der Waals surface area contributed by atoms with Crippen LogP contribution in [0.4, 0.5) is 0 Å². The minimum Gasteiger partial charge on any atom is -0.480 e. The first kappa shape index (κ1) is 17.4. The Labute approximate surface area is 142 Å². The molecule has 0 aliphatic carbocycles. The summed E-state index contributed by atoms with van der Waals surface area (Å²) in [7, 11) is 0. The quantitative estimate of drug-likeness (QED) is 0.850. The summed E-state index contributed by atoms with van der Waals surface area (Å²) in [6, 6.07) is 13.3. The molecule has 1 N–H and O–H groups in total. The Balaban J connectivity index is 1.98. The van der Waals surface area contributed by atoms with Gasteiger partial charge in [0.25, 0.3) is 5.91 Å². The zero-order valence-corrected chi connectivity index (χ0v) is 14.5. The lowest BCUT2D eigenvalue weighted by Crippen LogP contribution is -2.37. The predicted octanol–water partition coefficient (Wildman–Crippen LogP) is 4.43. The van der Waals surface area contributed by atoms with E-state index in [0.717, 1.165) is 22.4 Å². The van der Waals surface area contributed by atoms with Crippen molar-refractivity contribution in [2.24, 2.45) is 0 Å². The molecule has 0 saturated carbocycles. The summed E-state index contributed by atoms with van der Waals surface area (Å²) >= 11 is 5.86. The zero-order valence-electron chi connectivity index (χ0n) is 13.7. The van der Waals surface area contributed by atoms with Crippen molar-refractivity contribution in [2.45, 2.75) is 39.8 Å². The molecule has 2 rings (SSSR count). The smallest absolute Gasteiger partial charge is 0.261 e. The number of benzene rings is 2. The molecule has 2 aromatic rings. The fourth-order valence-electron chi connectivity index (χ4n) is 2.23. The van der Waals surface area contributed by atoms with E-state index >= 15 is 0 Å². The van der Waals surface area contributed by atoms with E-state index in [-0.39, 0.29) is 5.91 Å². The minimum absolute atomic E-state index is 0.108. The van der Waals surface area contributed by atoms with Gasteiger partial charge in [0.2, 0.25) is 0 Å². The van der Waals surface area contributed by atoms with Crippen molar-refractivity contribution >= 4 is 17.5 Å². The normalized spacial score (nSPS) is 11.8. The van der Waals surface area contributed by atoms with Crippen molar-refractivity contribution in [1.29, 1.82) is 0 Å². The summed E-state index contributed by atoms with van der Waals surface area (Å²) in [6.45, 7) is 6.44. The lowest BCUT2D eigenvalue weighted by atomic mass is 10.1. The van der Waals surface area contributed by atoms with Crippen molar-refractivity contribution < 1.29 is 9.53 Å². The Hall–Kier alpha value is -2.00. The topological polar surface area (TPSA) is 38.3 Å². The first-order chi connectivity index (χ1) is 11.0. The van der Waals surface area contributed by atoms with Gasteiger partial charge in [0.1, 0.15) is 5.75 Å². The highest BCUT2D eigenvalue weighted by atomic mass is 35.5. The monoisotopic (exact) mass is 331 g/mol. The number of carbonyl (C=O) groups is 1. The van der Waals surface area contributed by atoms with Crippen LogP contribution in [0, 0.1) is 13.8 Å². The van der Waals surface area contributed by atoms with Crippen LogP contribution < -0.4 is 10.1 Å². The first-order valence-electron chi connectivity index (χ1n) is 7.76. The Bertz CT molecular complexity index is 668. The third-order valence-electron chi connectivity index (χ3n) is 3.87. The first-order valence-corrected chi connectivity index (χ1v) is 8.14. The summed E-state index contributed by atoms with van der Waals surface area (Å²) in [6.07, 6.45) is 0.114. The van der Waals surface area contributed by atoms with Crippen LogP contribution in [-0.4, -0.2) is 12.0 Å². The molecule has 2 aromatic carbocycles. The molecule has 0 saturated heterocycles. The molecule has 0 spiro atoms. The third kappa shape index (κ3) is 4.73. The van der Waals surface area contributed by atoms with Crippen molar-refractivity contribution in [3.8, 4) is 5.75 Å². The summed E-state index contributed by atoms with van der Waals surface area (Å²) in [5.74, 6) is 0.654. The maximum atomic E-state index is 12.4. The minimum atomic E-state index is -0.497. The number of nitrogens with one attached hydrogen (secondary N) is 1. The van der Waals surface area contributed by atoms with Gasteiger partial charge in [0, 0.05) is 11.6 Å². The van der Waals surface area contributed by atoms with E-state index in [1.807, 2.05) is 63.2 Å². The van der Waals surface area contributed by atoms with Crippen LogP contribution >= 0.6 is 11.6 Å². The van der Waals surface area contributed by atoms with E-state index < -0.39 is 6.10 Å². The second kappa shape index (κ2) is 8.02. The molecule has 0 fully saturated rings. The molecule has 0 aromatic heterocycles. The Morgan fingerprint density at radius 1 is 1.17 bits per heavy atom. The number of amides is 1. The Morgan fingerprint density at radius 2 is 1.87 bits per heavy atom. The number of halogens is 1. The number of rotatable bonds is 6. The highest BCUT2D eigenvalue weighted by Gasteiger charge is 2.19. The molecule has 3 nitrogen and oxygen atoms in total.